The number of hydrogen-bond donors (Lipinski definition) is 2. The minimum atomic E-state index is -0.168. The molecule has 0 unspecified atom stereocenters. The highest BCUT2D eigenvalue weighted by molar-refractivity contribution is 7.80. The van der Waals surface area contributed by atoms with E-state index in [1.165, 1.54) is 96.3 Å². The second kappa shape index (κ2) is 23.2. The van der Waals surface area contributed by atoms with Crippen molar-refractivity contribution in [2.75, 3.05) is 6.54 Å². The summed E-state index contributed by atoms with van der Waals surface area (Å²) in [6.07, 6.45) is 28.9. The number of thiocarbonyl (C=S) groups is 1. The molecule has 0 bridgehead atoms. The quantitative estimate of drug-likeness (QED) is 0.0859. The predicted molar refractivity (Wildman–Crippen MR) is 141 cm³/mol. The Morgan fingerprint density at radius 3 is 1.68 bits per heavy atom. The minimum absolute atomic E-state index is 0.168. The van der Waals surface area contributed by atoms with Crippen LogP contribution in [0, 0.1) is 0 Å². The summed E-state index contributed by atoms with van der Waals surface area (Å²) in [5.41, 5.74) is 0.615. The van der Waals surface area contributed by atoms with Gasteiger partial charge in [-0.1, -0.05) is 134 Å². The van der Waals surface area contributed by atoms with Gasteiger partial charge in [0.05, 0.1) is 0 Å². The molecule has 0 saturated carbocycles. The number of amides is 1. The van der Waals surface area contributed by atoms with Crippen LogP contribution in [0.2, 0.25) is 0 Å². The molecule has 31 heavy (non-hydrogen) atoms. The molecule has 0 aromatic heterocycles. The van der Waals surface area contributed by atoms with Crippen LogP contribution in [0.15, 0.2) is 36.5 Å². The summed E-state index contributed by atoms with van der Waals surface area (Å²) >= 11 is 5.19. The van der Waals surface area contributed by atoms with Crippen molar-refractivity contribution < 1.29 is 4.79 Å². The Bertz CT molecular complexity index is 525. The normalized spacial score (nSPS) is 11.6. The zero-order chi connectivity index (χ0) is 23.0. The molecule has 0 spiro atoms. The third-order valence-corrected chi connectivity index (χ3v) is 5.74. The molecule has 0 aliphatic rings. The van der Waals surface area contributed by atoms with Crippen LogP contribution in [0.4, 0.5) is 0 Å². The SMILES string of the molecule is C=CC=CC=C(C)C(=O)NC(=S)NCCCCCCCCCCCCCCCCCC. The lowest BCUT2D eigenvalue weighted by molar-refractivity contribution is -0.116. The number of unbranched alkanes of at least 4 members (excludes halogenated alkanes) is 15. The van der Waals surface area contributed by atoms with Crippen LogP contribution in [0.5, 0.6) is 0 Å². The molecule has 0 rings (SSSR count). The van der Waals surface area contributed by atoms with E-state index in [2.05, 4.69) is 24.1 Å². The molecule has 0 radical (unpaired) electrons. The molecule has 0 aliphatic heterocycles. The molecule has 3 nitrogen and oxygen atoms in total. The zero-order valence-electron chi connectivity index (χ0n) is 20.4. The maximum Gasteiger partial charge on any atom is 0.253 e. The third kappa shape index (κ3) is 21.6. The van der Waals surface area contributed by atoms with Gasteiger partial charge in [0.25, 0.3) is 5.91 Å². The Labute approximate surface area is 198 Å². The van der Waals surface area contributed by atoms with E-state index in [-0.39, 0.29) is 5.91 Å². The molecule has 1 amide bonds. The molecule has 178 valence electrons. The van der Waals surface area contributed by atoms with Gasteiger partial charge < -0.3 is 5.32 Å². The molecule has 2 N–H and O–H groups in total. The molecule has 0 atom stereocenters. The molecule has 4 heteroatoms. The predicted octanol–water partition coefficient (Wildman–Crippen LogP) is 7.93. The number of hydrogen-bond acceptors (Lipinski definition) is 2. The zero-order valence-corrected chi connectivity index (χ0v) is 21.2. The van der Waals surface area contributed by atoms with Crippen LogP contribution in [0.25, 0.3) is 0 Å². The lowest BCUT2D eigenvalue weighted by atomic mass is 10.0. The second-order valence-corrected chi connectivity index (χ2v) is 8.89. The first-order valence-electron chi connectivity index (χ1n) is 12.7. The van der Waals surface area contributed by atoms with Crippen molar-refractivity contribution in [3.63, 3.8) is 0 Å². The lowest BCUT2D eigenvalue weighted by Crippen LogP contribution is -2.39. The molecule has 0 heterocycles. The van der Waals surface area contributed by atoms with Gasteiger partial charge >= 0.3 is 0 Å². The van der Waals surface area contributed by atoms with E-state index in [1.54, 1.807) is 31.2 Å². The monoisotopic (exact) mass is 448 g/mol. The summed E-state index contributed by atoms with van der Waals surface area (Å²) in [6.45, 7) is 8.46. The summed E-state index contributed by atoms with van der Waals surface area (Å²) < 4.78 is 0. The molecule has 0 aromatic rings. The van der Waals surface area contributed by atoms with Crippen LogP contribution in [-0.2, 0) is 4.79 Å². The van der Waals surface area contributed by atoms with Gasteiger partial charge in [0.15, 0.2) is 5.11 Å². The topological polar surface area (TPSA) is 41.1 Å². The first-order chi connectivity index (χ1) is 15.1. The average molecular weight is 449 g/mol. The van der Waals surface area contributed by atoms with Gasteiger partial charge in [-0.25, -0.2) is 0 Å². The Kier molecular flexibility index (Phi) is 22.2. The highest BCUT2D eigenvalue weighted by Crippen LogP contribution is 2.13. The number of allylic oxidation sites excluding steroid dienone is 4. The van der Waals surface area contributed by atoms with Crippen molar-refractivity contribution in [1.82, 2.24) is 10.6 Å². The molecular weight excluding hydrogens is 400 g/mol. The van der Waals surface area contributed by atoms with Gasteiger partial charge in [-0.15, -0.1) is 0 Å². The Morgan fingerprint density at radius 2 is 1.23 bits per heavy atom. The van der Waals surface area contributed by atoms with Crippen molar-refractivity contribution in [3.8, 4) is 0 Å². The largest absolute Gasteiger partial charge is 0.362 e. The molecule has 0 aliphatic carbocycles. The van der Waals surface area contributed by atoms with Crippen LogP contribution in [0.3, 0.4) is 0 Å². The fourth-order valence-electron chi connectivity index (χ4n) is 3.48. The van der Waals surface area contributed by atoms with Crippen molar-refractivity contribution >= 4 is 23.2 Å². The number of carbonyl (C=O) groups excluding carboxylic acids is 1. The number of carbonyl (C=O) groups is 1. The maximum absolute atomic E-state index is 12.0. The van der Waals surface area contributed by atoms with E-state index in [0.717, 1.165) is 13.0 Å². The standard InChI is InChI=1S/C27H48N2OS/c1-4-6-8-9-10-11-12-13-14-15-16-17-18-19-20-22-24-28-27(31)29-26(30)25(3)23-21-7-5-2/h5,7,21,23H,2,4,6,8-20,22,24H2,1,3H3,(H2,28,29,30,31). The summed E-state index contributed by atoms with van der Waals surface area (Å²) in [4.78, 5) is 12.0. The molecular formula is C27H48N2OS. The van der Waals surface area contributed by atoms with Crippen molar-refractivity contribution in [3.05, 3.63) is 36.5 Å². The average Bonchev–Trinajstić information content (AvgIpc) is 2.75. The van der Waals surface area contributed by atoms with E-state index < -0.39 is 0 Å². The highest BCUT2D eigenvalue weighted by atomic mass is 32.1. The van der Waals surface area contributed by atoms with Gasteiger partial charge in [0.1, 0.15) is 0 Å². The smallest absolute Gasteiger partial charge is 0.253 e. The molecule has 0 fully saturated rings. The summed E-state index contributed by atoms with van der Waals surface area (Å²) in [6, 6.07) is 0. The van der Waals surface area contributed by atoms with Crippen molar-refractivity contribution in [1.29, 1.82) is 0 Å². The maximum atomic E-state index is 12.0. The van der Waals surface area contributed by atoms with Gasteiger partial charge in [0, 0.05) is 12.1 Å². The molecule has 0 saturated heterocycles. The first kappa shape index (κ1) is 29.6. The summed E-state index contributed by atoms with van der Waals surface area (Å²) in [5, 5.41) is 6.25. The first-order valence-corrected chi connectivity index (χ1v) is 13.1. The van der Waals surface area contributed by atoms with Gasteiger partial charge in [-0.05, 0) is 25.6 Å². The van der Waals surface area contributed by atoms with E-state index in [1.807, 2.05) is 0 Å². The van der Waals surface area contributed by atoms with Crippen LogP contribution < -0.4 is 10.6 Å². The van der Waals surface area contributed by atoms with Crippen LogP contribution >= 0.6 is 12.2 Å². The van der Waals surface area contributed by atoms with Gasteiger partial charge in [-0.3, -0.25) is 10.1 Å². The van der Waals surface area contributed by atoms with Gasteiger partial charge in [-0.2, -0.15) is 0 Å². The van der Waals surface area contributed by atoms with Crippen LogP contribution in [0.1, 0.15) is 117 Å². The van der Waals surface area contributed by atoms with Crippen LogP contribution in [-0.4, -0.2) is 17.6 Å². The fraction of sp³-hybridized carbons (Fsp3) is 0.704. The Morgan fingerprint density at radius 1 is 0.774 bits per heavy atom. The van der Waals surface area contributed by atoms with Crippen molar-refractivity contribution in [2.45, 2.75) is 117 Å². The Hall–Kier alpha value is -1.42. The van der Waals surface area contributed by atoms with Gasteiger partial charge in [0.2, 0.25) is 0 Å². The fourth-order valence-corrected chi connectivity index (χ4v) is 3.67. The van der Waals surface area contributed by atoms with E-state index in [0.29, 0.717) is 10.7 Å². The second-order valence-electron chi connectivity index (χ2n) is 8.48. The van der Waals surface area contributed by atoms with E-state index in [4.69, 9.17) is 12.2 Å². The highest BCUT2D eigenvalue weighted by Gasteiger charge is 2.05. The number of rotatable bonds is 20. The van der Waals surface area contributed by atoms with E-state index in [9.17, 15) is 4.79 Å². The third-order valence-electron chi connectivity index (χ3n) is 5.49. The summed E-state index contributed by atoms with van der Waals surface area (Å²) in [5.74, 6) is -0.168. The number of nitrogens with one attached hydrogen (secondary N) is 2. The van der Waals surface area contributed by atoms with Crippen molar-refractivity contribution in [2.24, 2.45) is 0 Å². The van der Waals surface area contributed by atoms with E-state index >= 15 is 0 Å². The lowest BCUT2D eigenvalue weighted by Gasteiger charge is -2.09. The minimum Gasteiger partial charge on any atom is -0.362 e. The Balaban J connectivity index is 3.40. The summed E-state index contributed by atoms with van der Waals surface area (Å²) in [7, 11) is 0. The molecule has 0 aromatic carbocycles.